The molecule has 1 aromatic rings. The third kappa shape index (κ3) is 2.11. The molecule has 1 saturated heterocycles. The Balaban J connectivity index is 2.07. The van der Waals surface area contributed by atoms with E-state index in [-0.39, 0.29) is 17.9 Å². The minimum Gasteiger partial charge on any atom is -0.352 e. The van der Waals surface area contributed by atoms with Crippen LogP contribution in [0.1, 0.15) is 24.6 Å². The van der Waals surface area contributed by atoms with Gasteiger partial charge in [0.25, 0.3) is 0 Å². The average Bonchev–Trinajstić information content (AvgIpc) is 2.24. The molecule has 0 saturated carbocycles. The van der Waals surface area contributed by atoms with Crippen LogP contribution in [0.2, 0.25) is 0 Å². The van der Waals surface area contributed by atoms with E-state index < -0.39 is 0 Å². The quantitative estimate of drug-likeness (QED) is 0.491. The lowest BCUT2D eigenvalue weighted by atomic mass is 9.89. The fourth-order valence-corrected chi connectivity index (χ4v) is 2.00. The lowest BCUT2D eigenvalue weighted by Gasteiger charge is -2.32. The van der Waals surface area contributed by atoms with Crippen molar-refractivity contribution in [2.75, 3.05) is 0 Å². The number of nitrogens with one attached hydrogen (secondary N) is 1. The van der Waals surface area contributed by atoms with Crippen LogP contribution in [0.15, 0.2) is 18.3 Å². The summed E-state index contributed by atoms with van der Waals surface area (Å²) in [5.41, 5.74) is 1.96. The Morgan fingerprint density at radius 1 is 1.62 bits per heavy atom. The van der Waals surface area contributed by atoms with Gasteiger partial charge in [0.05, 0.1) is 5.69 Å². The summed E-state index contributed by atoms with van der Waals surface area (Å²) >= 11 is 5.39. The van der Waals surface area contributed by atoms with E-state index in [2.05, 4.69) is 10.3 Å². The van der Waals surface area contributed by atoms with Gasteiger partial charge in [-0.1, -0.05) is 25.2 Å². The Bertz CT molecular complexity index is 419. The van der Waals surface area contributed by atoms with Crippen molar-refractivity contribution in [3.8, 4) is 0 Å². The molecule has 3 nitrogen and oxygen atoms in total. The Hall–Kier alpha value is -1.29. The van der Waals surface area contributed by atoms with Crippen LogP contribution in [-0.4, -0.2) is 21.8 Å². The lowest BCUT2D eigenvalue weighted by molar-refractivity contribution is -0.128. The molecule has 0 aliphatic carbocycles. The third-order valence-electron chi connectivity index (χ3n) is 2.93. The van der Waals surface area contributed by atoms with Crippen molar-refractivity contribution in [1.82, 2.24) is 10.3 Å². The molecule has 2 rings (SSSR count). The number of nitrogens with zero attached hydrogens (tertiary/aromatic N) is 1. The first-order valence-corrected chi connectivity index (χ1v) is 5.75. The molecule has 0 bridgehead atoms. The fourth-order valence-electron chi connectivity index (χ4n) is 1.72. The number of amides is 1. The second-order valence-electron chi connectivity index (χ2n) is 4.25. The van der Waals surface area contributed by atoms with Gasteiger partial charge >= 0.3 is 0 Å². The van der Waals surface area contributed by atoms with E-state index in [1.807, 2.05) is 32.2 Å². The second-order valence-corrected chi connectivity index (χ2v) is 4.69. The number of carbonyl (C=O) groups excluding carboxylic acids is 1. The topological polar surface area (TPSA) is 42.0 Å². The third-order valence-corrected chi connectivity index (χ3v) is 3.51. The van der Waals surface area contributed by atoms with Gasteiger partial charge in [0.2, 0.25) is 5.91 Å². The van der Waals surface area contributed by atoms with Crippen LogP contribution in [0, 0.1) is 12.8 Å². The molecule has 16 heavy (non-hydrogen) atoms. The number of β-lactam (4-membered cyclic amide) rings is 1. The number of hydrogen-bond acceptors (Lipinski definition) is 3. The molecular formula is C12H14N2OS. The van der Waals surface area contributed by atoms with Crippen molar-refractivity contribution in [3.63, 3.8) is 0 Å². The van der Waals surface area contributed by atoms with Gasteiger partial charge in [-0.2, -0.15) is 0 Å². The normalized spacial score (nSPS) is 20.9. The molecule has 1 N–H and O–H groups in total. The van der Waals surface area contributed by atoms with E-state index in [4.69, 9.17) is 12.2 Å². The molecule has 84 valence electrons. The lowest BCUT2D eigenvalue weighted by Crippen LogP contribution is -2.53. The number of thiocarbonyl (C=S) groups is 1. The summed E-state index contributed by atoms with van der Waals surface area (Å²) in [7, 11) is 0. The van der Waals surface area contributed by atoms with Gasteiger partial charge in [-0.25, -0.2) is 0 Å². The van der Waals surface area contributed by atoms with Crippen molar-refractivity contribution in [3.05, 3.63) is 29.6 Å². The van der Waals surface area contributed by atoms with Crippen LogP contribution in [0.25, 0.3) is 0 Å². The standard InChI is InChI=1S/C12H14N2OS/c1-7-3-4-9(13-6-7)12(16)8(2)10-5-11(15)14-10/h3-4,6,8,10H,5H2,1-2H3,(H,14,15)/t8-,10?/m1/s1. The summed E-state index contributed by atoms with van der Waals surface area (Å²) in [5.74, 6) is 0.277. The van der Waals surface area contributed by atoms with E-state index in [1.54, 1.807) is 0 Å². The highest BCUT2D eigenvalue weighted by molar-refractivity contribution is 7.80. The molecule has 2 atom stereocenters. The summed E-state index contributed by atoms with van der Waals surface area (Å²) in [6, 6.07) is 4.12. The minimum absolute atomic E-state index is 0.108. The highest BCUT2D eigenvalue weighted by atomic mass is 32.1. The molecule has 2 heterocycles. The number of hydrogen-bond donors (Lipinski definition) is 1. The van der Waals surface area contributed by atoms with Gasteiger partial charge in [-0.3, -0.25) is 9.78 Å². The fraction of sp³-hybridized carbons (Fsp3) is 0.417. The van der Waals surface area contributed by atoms with Gasteiger partial charge in [0, 0.05) is 29.4 Å². The summed E-state index contributed by atoms with van der Waals surface area (Å²) in [5, 5.41) is 2.85. The molecular weight excluding hydrogens is 220 g/mol. The SMILES string of the molecule is Cc1ccc(C(=S)[C@H](C)C2CC(=O)N2)nc1. The van der Waals surface area contributed by atoms with Crippen LogP contribution < -0.4 is 5.32 Å². The highest BCUT2D eigenvalue weighted by Gasteiger charge is 2.32. The zero-order valence-corrected chi connectivity index (χ0v) is 10.2. The van der Waals surface area contributed by atoms with E-state index >= 15 is 0 Å². The van der Waals surface area contributed by atoms with Crippen molar-refractivity contribution < 1.29 is 4.79 Å². The maximum absolute atomic E-state index is 10.8. The van der Waals surface area contributed by atoms with Gasteiger partial charge in [0.15, 0.2) is 0 Å². The van der Waals surface area contributed by atoms with Crippen molar-refractivity contribution in [2.24, 2.45) is 5.92 Å². The minimum atomic E-state index is 0.108. The first kappa shape index (κ1) is 11.2. The van der Waals surface area contributed by atoms with Crippen LogP contribution in [0.3, 0.4) is 0 Å². The summed E-state index contributed by atoms with van der Waals surface area (Å²) in [4.78, 5) is 16.0. The number of rotatable bonds is 3. The number of carbonyl (C=O) groups is 1. The molecule has 1 fully saturated rings. The molecule has 1 unspecified atom stereocenters. The van der Waals surface area contributed by atoms with Crippen LogP contribution in [0.4, 0.5) is 0 Å². The first-order chi connectivity index (χ1) is 7.58. The molecule has 4 heteroatoms. The van der Waals surface area contributed by atoms with E-state index in [0.717, 1.165) is 16.1 Å². The Morgan fingerprint density at radius 3 is 2.81 bits per heavy atom. The zero-order valence-electron chi connectivity index (χ0n) is 9.36. The maximum atomic E-state index is 10.8. The number of pyridine rings is 1. The molecule has 1 aliphatic rings. The Labute approximate surface area is 100 Å². The van der Waals surface area contributed by atoms with Crippen molar-refractivity contribution in [1.29, 1.82) is 0 Å². The molecule has 0 radical (unpaired) electrons. The molecule has 0 spiro atoms. The number of aromatic nitrogens is 1. The molecule has 1 amide bonds. The van der Waals surface area contributed by atoms with Crippen LogP contribution >= 0.6 is 12.2 Å². The predicted octanol–water partition coefficient (Wildman–Crippen LogP) is 1.63. The smallest absolute Gasteiger partial charge is 0.222 e. The van der Waals surface area contributed by atoms with E-state index in [9.17, 15) is 4.79 Å². The summed E-state index contributed by atoms with van der Waals surface area (Å²) < 4.78 is 0. The van der Waals surface area contributed by atoms with Crippen molar-refractivity contribution >= 4 is 23.0 Å². The van der Waals surface area contributed by atoms with Crippen LogP contribution in [0.5, 0.6) is 0 Å². The highest BCUT2D eigenvalue weighted by Crippen LogP contribution is 2.19. The monoisotopic (exact) mass is 234 g/mol. The predicted molar refractivity (Wildman–Crippen MR) is 66.4 cm³/mol. The van der Waals surface area contributed by atoms with E-state index in [1.165, 1.54) is 0 Å². The Morgan fingerprint density at radius 2 is 2.31 bits per heavy atom. The van der Waals surface area contributed by atoms with E-state index in [0.29, 0.717) is 6.42 Å². The number of aryl methyl sites for hydroxylation is 1. The molecule has 1 aromatic heterocycles. The van der Waals surface area contributed by atoms with Crippen LogP contribution in [-0.2, 0) is 4.79 Å². The second kappa shape index (κ2) is 4.29. The summed E-state index contributed by atoms with van der Waals surface area (Å²) in [6.07, 6.45) is 2.39. The zero-order chi connectivity index (χ0) is 11.7. The summed E-state index contributed by atoms with van der Waals surface area (Å²) in [6.45, 7) is 4.03. The Kier molecular flexibility index (Phi) is 3.01. The maximum Gasteiger partial charge on any atom is 0.222 e. The van der Waals surface area contributed by atoms with Gasteiger partial charge in [-0.15, -0.1) is 0 Å². The largest absolute Gasteiger partial charge is 0.352 e. The molecule has 1 aliphatic heterocycles. The average molecular weight is 234 g/mol. The first-order valence-electron chi connectivity index (χ1n) is 5.34. The van der Waals surface area contributed by atoms with Gasteiger partial charge < -0.3 is 5.32 Å². The van der Waals surface area contributed by atoms with Crippen molar-refractivity contribution in [2.45, 2.75) is 26.3 Å². The van der Waals surface area contributed by atoms with Gasteiger partial charge in [0.1, 0.15) is 0 Å². The van der Waals surface area contributed by atoms with Gasteiger partial charge in [-0.05, 0) is 18.6 Å². The molecule has 0 aromatic carbocycles.